The second kappa shape index (κ2) is 6.50. The summed E-state index contributed by atoms with van der Waals surface area (Å²) < 4.78 is 0. The molecule has 4 N–H and O–H groups in total. The van der Waals surface area contributed by atoms with E-state index in [0.717, 1.165) is 31.1 Å². The molecular weight excluding hydrogens is 302 g/mol. The van der Waals surface area contributed by atoms with Crippen molar-refractivity contribution in [3.05, 3.63) is 46.2 Å². The lowest BCUT2D eigenvalue weighted by molar-refractivity contribution is 0.0904. The number of pyridine rings is 1. The van der Waals surface area contributed by atoms with Crippen LogP contribution in [-0.2, 0) is 0 Å². The summed E-state index contributed by atoms with van der Waals surface area (Å²) in [7, 11) is 0. The van der Waals surface area contributed by atoms with Crippen LogP contribution in [0.25, 0.3) is 10.9 Å². The van der Waals surface area contributed by atoms with Crippen molar-refractivity contribution >= 4 is 29.2 Å². The van der Waals surface area contributed by atoms with Gasteiger partial charge in [0.25, 0.3) is 5.91 Å². The number of halogens is 1. The summed E-state index contributed by atoms with van der Waals surface area (Å²) in [5.41, 5.74) is 6.35. The first kappa shape index (κ1) is 16.5. The fourth-order valence-corrected chi connectivity index (χ4v) is 3.13. The zero-order valence-electron chi connectivity index (χ0n) is 12.2. The first-order chi connectivity index (χ1) is 10.1. The molecule has 22 heavy (non-hydrogen) atoms. The average Bonchev–Trinajstić information content (AvgIpc) is 2.95. The van der Waals surface area contributed by atoms with Gasteiger partial charge in [0.15, 0.2) is 0 Å². The molecule has 118 valence electrons. The third kappa shape index (κ3) is 3.00. The van der Waals surface area contributed by atoms with E-state index >= 15 is 0 Å². The van der Waals surface area contributed by atoms with Crippen LogP contribution in [0.15, 0.2) is 35.1 Å². The highest BCUT2D eigenvalue weighted by Crippen LogP contribution is 2.29. The summed E-state index contributed by atoms with van der Waals surface area (Å²) in [6.07, 6.45) is 3.95. The maximum Gasteiger partial charge on any atom is 0.252 e. The third-order valence-corrected chi connectivity index (χ3v) is 4.33. The number of fused-ring (bicyclic) bond motifs is 1. The topological polar surface area (TPSA) is 88.0 Å². The number of nitrogens with one attached hydrogen (secondary N) is 2. The maximum atomic E-state index is 12.6. The number of aromatic nitrogens is 1. The number of para-hydroxylation sites is 1. The van der Waals surface area contributed by atoms with Crippen LogP contribution in [-0.4, -0.2) is 23.0 Å². The van der Waals surface area contributed by atoms with Crippen LogP contribution in [0.1, 0.15) is 36.0 Å². The molecule has 1 saturated carbocycles. The zero-order chi connectivity index (χ0) is 14.9. The number of aromatic amines is 1. The molecular formula is C16H20ClN3O2. The summed E-state index contributed by atoms with van der Waals surface area (Å²) >= 11 is 0. The molecule has 3 rings (SSSR count). The van der Waals surface area contributed by atoms with Crippen LogP contribution >= 0.6 is 12.4 Å². The Morgan fingerprint density at radius 3 is 2.64 bits per heavy atom. The number of carbonyl (C=O) groups excluding carboxylic acids is 1. The molecule has 1 fully saturated rings. The van der Waals surface area contributed by atoms with Crippen LogP contribution in [0.2, 0.25) is 0 Å². The molecule has 0 spiro atoms. The van der Waals surface area contributed by atoms with Crippen molar-refractivity contribution < 1.29 is 4.79 Å². The predicted molar refractivity (Wildman–Crippen MR) is 89.5 cm³/mol. The largest absolute Gasteiger partial charge is 0.345 e. The van der Waals surface area contributed by atoms with Crippen molar-refractivity contribution in [1.82, 2.24) is 10.3 Å². The van der Waals surface area contributed by atoms with Gasteiger partial charge in [-0.2, -0.15) is 0 Å². The van der Waals surface area contributed by atoms with Crippen molar-refractivity contribution in [2.75, 3.05) is 6.54 Å². The van der Waals surface area contributed by atoms with E-state index < -0.39 is 0 Å². The molecule has 5 nitrogen and oxygen atoms in total. The Bertz CT molecular complexity index is 735. The Labute approximate surface area is 134 Å². The van der Waals surface area contributed by atoms with Gasteiger partial charge < -0.3 is 16.0 Å². The molecule has 0 bridgehead atoms. The molecule has 0 atom stereocenters. The molecule has 1 aromatic carbocycles. The molecule has 1 amide bonds. The zero-order valence-corrected chi connectivity index (χ0v) is 13.0. The van der Waals surface area contributed by atoms with E-state index in [4.69, 9.17) is 5.73 Å². The van der Waals surface area contributed by atoms with Gasteiger partial charge in [-0.05, 0) is 18.9 Å². The van der Waals surface area contributed by atoms with Crippen molar-refractivity contribution in [1.29, 1.82) is 0 Å². The SMILES string of the molecule is Cl.NCC1(NC(=O)c2cc(=O)[nH]c3ccccc23)CCCC1. The monoisotopic (exact) mass is 321 g/mol. The number of H-pyrrole nitrogens is 1. The highest BCUT2D eigenvalue weighted by atomic mass is 35.5. The summed E-state index contributed by atoms with van der Waals surface area (Å²) in [6, 6.07) is 8.67. The molecule has 0 radical (unpaired) electrons. The molecule has 0 saturated heterocycles. The van der Waals surface area contributed by atoms with Crippen LogP contribution < -0.4 is 16.6 Å². The molecule has 1 aromatic heterocycles. The second-order valence-electron chi connectivity index (χ2n) is 5.74. The number of benzene rings is 1. The molecule has 1 aliphatic carbocycles. The van der Waals surface area contributed by atoms with E-state index in [1.807, 2.05) is 18.2 Å². The van der Waals surface area contributed by atoms with Gasteiger partial charge in [-0.25, -0.2) is 0 Å². The number of carbonyl (C=O) groups is 1. The average molecular weight is 322 g/mol. The lowest BCUT2D eigenvalue weighted by Crippen LogP contribution is -2.51. The van der Waals surface area contributed by atoms with Crippen molar-refractivity contribution in [3.63, 3.8) is 0 Å². The Morgan fingerprint density at radius 2 is 1.95 bits per heavy atom. The lowest BCUT2D eigenvalue weighted by Gasteiger charge is -2.28. The molecule has 0 aliphatic heterocycles. The fourth-order valence-electron chi connectivity index (χ4n) is 3.13. The Hall–Kier alpha value is -1.85. The Kier molecular flexibility index (Phi) is 4.88. The van der Waals surface area contributed by atoms with Gasteiger partial charge in [-0.1, -0.05) is 31.0 Å². The fraction of sp³-hybridized carbons (Fsp3) is 0.375. The number of nitrogens with two attached hydrogens (primary N) is 1. The smallest absolute Gasteiger partial charge is 0.252 e. The van der Waals surface area contributed by atoms with Gasteiger partial charge in [0, 0.05) is 23.5 Å². The van der Waals surface area contributed by atoms with E-state index in [2.05, 4.69) is 10.3 Å². The molecule has 1 aliphatic rings. The van der Waals surface area contributed by atoms with Gasteiger partial charge in [0.05, 0.1) is 11.1 Å². The highest BCUT2D eigenvalue weighted by Gasteiger charge is 2.34. The minimum Gasteiger partial charge on any atom is -0.345 e. The summed E-state index contributed by atoms with van der Waals surface area (Å²) in [4.78, 5) is 27.1. The van der Waals surface area contributed by atoms with Crippen molar-refractivity contribution in [2.24, 2.45) is 5.73 Å². The van der Waals surface area contributed by atoms with Gasteiger partial charge in [-0.15, -0.1) is 12.4 Å². The van der Waals surface area contributed by atoms with E-state index in [1.165, 1.54) is 6.07 Å². The minimum atomic E-state index is -0.319. The number of hydrogen-bond acceptors (Lipinski definition) is 3. The Morgan fingerprint density at radius 1 is 1.27 bits per heavy atom. The number of amides is 1. The van der Waals surface area contributed by atoms with E-state index in [1.54, 1.807) is 6.07 Å². The summed E-state index contributed by atoms with van der Waals surface area (Å²) in [6.45, 7) is 0.430. The normalized spacial score (nSPS) is 16.2. The van der Waals surface area contributed by atoms with Crippen LogP contribution in [0.5, 0.6) is 0 Å². The quantitative estimate of drug-likeness (QED) is 0.807. The number of rotatable bonds is 3. The second-order valence-corrected chi connectivity index (χ2v) is 5.74. The van der Waals surface area contributed by atoms with Gasteiger partial charge in [0.2, 0.25) is 5.56 Å². The van der Waals surface area contributed by atoms with E-state index in [9.17, 15) is 9.59 Å². The molecule has 1 heterocycles. The Balaban J connectivity index is 0.00000176. The van der Waals surface area contributed by atoms with Gasteiger partial charge >= 0.3 is 0 Å². The van der Waals surface area contributed by atoms with E-state index in [-0.39, 0.29) is 29.4 Å². The minimum absolute atomic E-state index is 0. The predicted octanol–water partition coefficient (Wildman–Crippen LogP) is 1.95. The maximum absolute atomic E-state index is 12.6. The van der Waals surface area contributed by atoms with Gasteiger partial charge in [0.1, 0.15) is 0 Å². The first-order valence-corrected chi connectivity index (χ1v) is 7.28. The van der Waals surface area contributed by atoms with E-state index in [0.29, 0.717) is 17.6 Å². The molecule has 6 heteroatoms. The van der Waals surface area contributed by atoms with Gasteiger partial charge in [-0.3, -0.25) is 9.59 Å². The standard InChI is InChI=1S/C16H19N3O2.ClH/c17-10-16(7-3-4-8-16)19-15(21)12-9-14(20)18-13-6-2-1-5-11(12)13;/h1-2,5-6,9H,3-4,7-8,10,17H2,(H,18,20)(H,19,21);1H. The summed E-state index contributed by atoms with van der Waals surface area (Å²) in [5, 5.41) is 3.81. The van der Waals surface area contributed by atoms with Crippen LogP contribution in [0.4, 0.5) is 0 Å². The summed E-state index contributed by atoms with van der Waals surface area (Å²) in [5.74, 6) is -0.218. The number of hydrogen-bond donors (Lipinski definition) is 3. The van der Waals surface area contributed by atoms with Crippen molar-refractivity contribution in [3.8, 4) is 0 Å². The lowest BCUT2D eigenvalue weighted by atomic mass is 9.96. The van der Waals surface area contributed by atoms with Crippen LogP contribution in [0.3, 0.4) is 0 Å². The third-order valence-electron chi connectivity index (χ3n) is 4.33. The highest BCUT2D eigenvalue weighted by molar-refractivity contribution is 6.06. The first-order valence-electron chi connectivity index (χ1n) is 7.28. The van der Waals surface area contributed by atoms with Crippen molar-refractivity contribution in [2.45, 2.75) is 31.2 Å². The molecule has 2 aromatic rings. The van der Waals surface area contributed by atoms with Crippen LogP contribution in [0, 0.1) is 0 Å². The molecule has 0 unspecified atom stereocenters.